The van der Waals surface area contributed by atoms with Gasteiger partial charge in [-0.3, -0.25) is 9.59 Å². The summed E-state index contributed by atoms with van der Waals surface area (Å²) >= 11 is 0. The van der Waals surface area contributed by atoms with Crippen molar-refractivity contribution in [2.45, 2.75) is 46.3 Å². The predicted molar refractivity (Wildman–Crippen MR) is 81.8 cm³/mol. The zero-order valence-electron chi connectivity index (χ0n) is 13.0. The van der Waals surface area contributed by atoms with Crippen LogP contribution in [0.2, 0.25) is 0 Å². The first-order chi connectivity index (χ1) is 9.99. The fraction of sp³-hybridized carbons (Fsp3) is 0.556. The minimum Gasteiger partial charge on any atom is -0.373 e. The van der Waals surface area contributed by atoms with E-state index in [0.29, 0.717) is 13.0 Å². The van der Waals surface area contributed by atoms with E-state index < -0.39 is 0 Å². The maximum Gasteiger partial charge on any atom is 0.133 e. The van der Waals surface area contributed by atoms with Gasteiger partial charge in [0.15, 0.2) is 0 Å². The number of benzene rings is 1. The Bertz CT molecular complexity index is 494. The Morgan fingerprint density at radius 3 is 2.33 bits per heavy atom. The molecule has 0 heterocycles. The van der Waals surface area contributed by atoms with E-state index >= 15 is 0 Å². The van der Waals surface area contributed by atoms with Crippen LogP contribution in [0.15, 0.2) is 30.3 Å². The van der Waals surface area contributed by atoms with Crippen molar-refractivity contribution in [1.82, 2.24) is 0 Å². The molecule has 3 nitrogen and oxygen atoms in total. The lowest BCUT2D eigenvalue weighted by atomic mass is 9.70. The fourth-order valence-corrected chi connectivity index (χ4v) is 3.24. The molecule has 1 aliphatic carbocycles. The van der Waals surface area contributed by atoms with E-state index in [4.69, 9.17) is 4.74 Å². The molecule has 114 valence electrons. The molecule has 0 radical (unpaired) electrons. The molecule has 1 aliphatic rings. The summed E-state index contributed by atoms with van der Waals surface area (Å²) in [5, 5.41) is 0. The van der Waals surface area contributed by atoms with Crippen molar-refractivity contribution in [2.24, 2.45) is 17.8 Å². The molecule has 21 heavy (non-hydrogen) atoms. The highest BCUT2D eigenvalue weighted by molar-refractivity contribution is 5.82. The Labute approximate surface area is 126 Å². The first kappa shape index (κ1) is 15.9. The van der Waals surface area contributed by atoms with Crippen molar-refractivity contribution < 1.29 is 14.3 Å². The Morgan fingerprint density at radius 1 is 1.10 bits per heavy atom. The number of ether oxygens (including phenoxy) is 1. The first-order valence-corrected chi connectivity index (χ1v) is 7.65. The molecule has 4 atom stereocenters. The van der Waals surface area contributed by atoms with Gasteiger partial charge in [0.25, 0.3) is 0 Å². The van der Waals surface area contributed by atoms with Crippen LogP contribution < -0.4 is 0 Å². The lowest BCUT2D eigenvalue weighted by molar-refractivity contribution is -0.135. The van der Waals surface area contributed by atoms with Crippen molar-refractivity contribution in [3.05, 3.63) is 35.9 Å². The van der Waals surface area contributed by atoms with Crippen LogP contribution in [-0.4, -0.2) is 17.7 Å². The maximum atomic E-state index is 11.8. The van der Waals surface area contributed by atoms with Gasteiger partial charge in [-0.25, -0.2) is 0 Å². The van der Waals surface area contributed by atoms with Crippen molar-refractivity contribution >= 4 is 11.6 Å². The normalized spacial score (nSPS) is 29.1. The highest BCUT2D eigenvalue weighted by atomic mass is 16.5. The lowest BCUT2D eigenvalue weighted by Crippen LogP contribution is -2.41. The molecule has 2 unspecified atom stereocenters. The standard InChI is InChI=1S/C18H24O3/c1-12-17(14(3)20)9-16(13(2)19)10-18(12)21-11-15-7-5-4-6-8-15/h4-8,12,16-18H,9-11H2,1-3H3/t12?,16-,17-,18?/m0/s1. The van der Waals surface area contributed by atoms with Gasteiger partial charge in [0.2, 0.25) is 0 Å². The van der Waals surface area contributed by atoms with Gasteiger partial charge >= 0.3 is 0 Å². The molecular formula is C18H24O3. The van der Waals surface area contributed by atoms with Gasteiger partial charge in [0.1, 0.15) is 11.6 Å². The molecule has 0 aromatic heterocycles. The molecule has 2 rings (SSSR count). The number of ketones is 2. The SMILES string of the molecule is CC(=O)[C@@H]1CC(OCc2ccccc2)C(C)[C@@H](C(C)=O)C1. The second kappa shape index (κ2) is 6.99. The van der Waals surface area contributed by atoms with Crippen molar-refractivity contribution in [3.63, 3.8) is 0 Å². The van der Waals surface area contributed by atoms with E-state index in [1.54, 1.807) is 13.8 Å². The molecule has 0 aliphatic heterocycles. The second-order valence-electron chi connectivity index (χ2n) is 6.19. The quantitative estimate of drug-likeness (QED) is 0.834. The monoisotopic (exact) mass is 288 g/mol. The van der Waals surface area contributed by atoms with Gasteiger partial charge in [-0.05, 0) is 38.2 Å². The average Bonchev–Trinajstić information content (AvgIpc) is 2.46. The van der Waals surface area contributed by atoms with Gasteiger partial charge in [0.05, 0.1) is 12.7 Å². The molecule has 1 saturated carbocycles. The topological polar surface area (TPSA) is 43.4 Å². The largest absolute Gasteiger partial charge is 0.373 e. The summed E-state index contributed by atoms with van der Waals surface area (Å²) in [6.07, 6.45) is 1.38. The van der Waals surface area contributed by atoms with Crippen molar-refractivity contribution in [3.8, 4) is 0 Å². The van der Waals surface area contributed by atoms with Gasteiger partial charge in [-0.2, -0.15) is 0 Å². The minimum atomic E-state index is -0.0616. The molecule has 0 amide bonds. The fourth-order valence-electron chi connectivity index (χ4n) is 3.24. The van der Waals surface area contributed by atoms with Gasteiger partial charge in [-0.15, -0.1) is 0 Å². The maximum absolute atomic E-state index is 11.8. The summed E-state index contributed by atoms with van der Waals surface area (Å²) in [6.45, 7) is 5.84. The average molecular weight is 288 g/mol. The third-order valence-electron chi connectivity index (χ3n) is 4.68. The van der Waals surface area contributed by atoms with Crippen LogP contribution in [0.25, 0.3) is 0 Å². The number of rotatable bonds is 5. The lowest BCUT2D eigenvalue weighted by Gasteiger charge is -2.38. The van der Waals surface area contributed by atoms with Crippen LogP contribution in [-0.2, 0) is 20.9 Å². The van der Waals surface area contributed by atoms with E-state index in [2.05, 4.69) is 6.92 Å². The molecule has 0 saturated heterocycles. The Morgan fingerprint density at radius 2 is 1.76 bits per heavy atom. The summed E-state index contributed by atoms with van der Waals surface area (Å²) < 4.78 is 6.04. The van der Waals surface area contributed by atoms with E-state index in [1.807, 2.05) is 30.3 Å². The Kier molecular flexibility index (Phi) is 5.29. The van der Waals surface area contributed by atoms with Crippen LogP contribution in [0.3, 0.4) is 0 Å². The van der Waals surface area contributed by atoms with E-state index in [-0.39, 0.29) is 35.4 Å². The first-order valence-electron chi connectivity index (χ1n) is 7.65. The van der Waals surface area contributed by atoms with E-state index in [0.717, 1.165) is 12.0 Å². The number of carbonyl (C=O) groups is 2. The predicted octanol–water partition coefficient (Wildman–Crippen LogP) is 3.41. The number of hydrogen-bond donors (Lipinski definition) is 0. The molecule has 0 N–H and O–H groups in total. The van der Waals surface area contributed by atoms with Crippen LogP contribution in [0.4, 0.5) is 0 Å². The summed E-state index contributed by atoms with van der Waals surface area (Å²) in [4.78, 5) is 23.6. The molecule has 0 spiro atoms. The van der Waals surface area contributed by atoms with E-state index in [9.17, 15) is 9.59 Å². The zero-order valence-corrected chi connectivity index (χ0v) is 13.0. The van der Waals surface area contributed by atoms with E-state index in [1.165, 1.54) is 0 Å². The van der Waals surface area contributed by atoms with Crippen LogP contribution in [0, 0.1) is 17.8 Å². The molecule has 1 fully saturated rings. The molecule has 1 aromatic rings. The highest BCUT2D eigenvalue weighted by Gasteiger charge is 2.39. The van der Waals surface area contributed by atoms with Gasteiger partial charge in [-0.1, -0.05) is 37.3 Å². The summed E-state index contributed by atoms with van der Waals surface area (Å²) in [6, 6.07) is 10.0. The summed E-state index contributed by atoms with van der Waals surface area (Å²) in [5.74, 6) is 0.398. The van der Waals surface area contributed by atoms with Crippen LogP contribution >= 0.6 is 0 Å². The molecule has 1 aromatic carbocycles. The highest BCUT2D eigenvalue weighted by Crippen LogP contribution is 2.37. The molecular weight excluding hydrogens is 264 g/mol. The van der Waals surface area contributed by atoms with Gasteiger partial charge in [0, 0.05) is 11.8 Å². The van der Waals surface area contributed by atoms with Crippen LogP contribution in [0.5, 0.6) is 0 Å². The Hall–Kier alpha value is -1.48. The molecule has 3 heteroatoms. The van der Waals surface area contributed by atoms with Crippen LogP contribution in [0.1, 0.15) is 39.2 Å². The smallest absolute Gasteiger partial charge is 0.133 e. The number of Topliss-reactive ketones (excluding diaryl/α,β-unsaturated/α-hetero) is 2. The summed E-state index contributed by atoms with van der Waals surface area (Å²) in [7, 11) is 0. The summed E-state index contributed by atoms with van der Waals surface area (Å²) in [5.41, 5.74) is 1.12. The third-order valence-corrected chi connectivity index (χ3v) is 4.68. The number of carbonyl (C=O) groups excluding carboxylic acids is 2. The second-order valence-corrected chi connectivity index (χ2v) is 6.19. The minimum absolute atomic E-state index is 0.0262. The molecule has 0 bridgehead atoms. The van der Waals surface area contributed by atoms with Crippen molar-refractivity contribution in [1.29, 1.82) is 0 Å². The number of hydrogen-bond acceptors (Lipinski definition) is 3. The van der Waals surface area contributed by atoms with Crippen molar-refractivity contribution in [2.75, 3.05) is 0 Å². The van der Waals surface area contributed by atoms with Gasteiger partial charge < -0.3 is 4.74 Å². The Balaban J connectivity index is 2.05. The zero-order chi connectivity index (χ0) is 15.4. The third kappa shape index (κ3) is 4.01.